The highest BCUT2D eigenvalue weighted by molar-refractivity contribution is 5.85. The molecule has 3 nitrogen and oxygen atoms in total. The monoisotopic (exact) mass is 248 g/mol. The van der Waals surface area contributed by atoms with E-state index in [1.165, 1.54) is 6.07 Å². The third kappa shape index (κ3) is 3.00. The molecule has 0 amide bonds. The Kier molecular flexibility index (Phi) is 4.58. The van der Waals surface area contributed by atoms with E-state index in [2.05, 4.69) is 0 Å². The lowest BCUT2D eigenvalue weighted by molar-refractivity contribution is 0.317. The smallest absolute Gasteiger partial charge is 0.143 e. The fourth-order valence-corrected chi connectivity index (χ4v) is 1.35. The molecule has 0 fully saturated rings. The van der Waals surface area contributed by atoms with Crippen molar-refractivity contribution in [3.05, 3.63) is 23.5 Å². The second-order valence-corrected chi connectivity index (χ2v) is 4.78. The van der Waals surface area contributed by atoms with Gasteiger partial charge in [0.15, 0.2) is 0 Å². The molecule has 0 spiro atoms. The number of benzene rings is 1. The molecule has 16 heavy (non-hydrogen) atoms. The number of hydrogen-bond donors (Lipinski definition) is 3. The highest BCUT2D eigenvalue weighted by Crippen LogP contribution is 2.38. The molecule has 0 aromatic heterocycles. The first-order valence-corrected chi connectivity index (χ1v) is 4.77. The summed E-state index contributed by atoms with van der Waals surface area (Å²) in [4.78, 5) is 0. The van der Waals surface area contributed by atoms with E-state index in [4.69, 9.17) is 11.5 Å². The maximum absolute atomic E-state index is 13.1. The Balaban J connectivity index is 0.00000225. The van der Waals surface area contributed by atoms with Gasteiger partial charge in [-0.3, -0.25) is 0 Å². The zero-order chi connectivity index (χ0) is 11.8. The lowest BCUT2D eigenvalue weighted by Crippen LogP contribution is -2.26. The quantitative estimate of drug-likeness (QED) is 0.528. The molecular formula is C11H18ClFN2O. The minimum atomic E-state index is -0.486. The van der Waals surface area contributed by atoms with Crippen molar-refractivity contribution < 1.29 is 9.50 Å². The van der Waals surface area contributed by atoms with E-state index in [9.17, 15) is 9.50 Å². The number of phenols is 1. The van der Waals surface area contributed by atoms with Crippen LogP contribution in [0.1, 0.15) is 32.4 Å². The predicted molar refractivity (Wildman–Crippen MR) is 66.1 cm³/mol. The van der Waals surface area contributed by atoms with Crippen molar-refractivity contribution in [3.8, 4) is 5.75 Å². The van der Waals surface area contributed by atoms with Crippen LogP contribution in [0.25, 0.3) is 0 Å². The van der Waals surface area contributed by atoms with Crippen molar-refractivity contribution >= 4 is 18.1 Å². The number of halogens is 2. The SMILES string of the molecule is CC(C)(C)[C@H](N)c1cc(F)cc(N)c1O.Cl. The molecule has 0 bridgehead atoms. The normalized spacial score (nSPS) is 13.1. The Bertz CT molecular complexity index is 377. The van der Waals surface area contributed by atoms with Gasteiger partial charge in [-0.25, -0.2) is 4.39 Å². The number of aromatic hydroxyl groups is 1. The summed E-state index contributed by atoms with van der Waals surface area (Å²) < 4.78 is 13.1. The third-order valence-corrected chi connectivity index (χ3v) is 2.40. The van der Waals surface area contributed by atoms with Crippen LogP contribution in [0.4, 0.5) is 10.1 Å². The Morgan fingerprint density at radius 3 is 2.25 bits per heavy atom. The van der Waals surface area contributed by atoms with Crippen LogP contribution in [0.3, 0.4) is 0 Å². The van der Waals surface area contributed by atoms with Crippen LogP contribution < -0.4 is 11.5 Å². The summed E-state index contributed by atoms with van der Waals surface area (Å²) in [5, 5.41) is 9.68. The van der Waals surface area contributed by atoms with Crippen LogP contribution in [-0.2, 0) is 0 Å². The average molecular weight is 249 g/mol. The maximum Gasteiger partial charge on any atom is 0.143 e. The highest BCUT2D eigenvalue weighted by atomic mass is 35.5. The second-order valence-electron chi connectivity index (χ2n) is 4.78. The van der Waals surface area contributed by atoms with Gasteiger partial charge >= 0.3 is 0 Å². The summed E-state index contributed by atoms with van der Waals surface area (Å²) in [6.45, 7) is 5.74. The molecule has 0 aliphatic rings. The molecule has 5 heteroatoms. The van der Waals surface area contributed by atoms with Gasteiger partial charge < -0.3 is 16.6 Å². The van der Waals surface area contributed by atoms with Crippen LogP contribution in [0.5, 0.6) is 5.75 Å². The molecule has 92 valence electrons. The van der Waals surface area contributed by atoms with Crippen LogP contribution in [-0.4, -0.2) is 5.11 Å². The maximum atomic E-state index is 13.1. The van der Waals surface area contributed by atoms with Crippen molar-refractivity contribution in [1.29, 1.82) is 0 Å². The van der Waals surface area contributed by atoms with Crippen LogP contribution in [0, 0.1) is 11.2 Å². The van der Waals surface area contributed by atoms with Crippen LogP contribution in [0.15, 0.2) is 12.1 Å². The first kappa shape index (κ1) is 15.0. The van der Waals surface area contributed by atoms with Gasteiger partial charge in [-0.2, -0.15) is 0 Å². The van der Waals surface area contributed by atoms with Crippen LogP contribution in [0.2, 0.25) is 0 Å². The van der Waals surface area contributed by atoms with Gasteiger partial charge in [-0.1, -0.05) is 20.8 Å². The molecule has 0 aliphatic carbocycles. The van der Waals surface area contributed by atoms with Crippen molar-refractivity contribution in [1.82, 2.24) is 0 Å². The van der Waals surface area contributed by atoms with E-state index < -0.39 is 11.9 Å². The summed E-state index contributed by atoms with van der Waals surface area (Å²) in [5.41, 5.74) is 11.5. The lowest BCUT2D eigenvalue weighted by Gasteiger charge is -2.28. The minimum absolute atomic E-state index is 0. The molecule has 0 unspecified atom stereocenters. The van der Waals surface area contributed by atoms with Gasteiger partial charge in [0.2, 0.25) is 0 Å². The third-order valence-electron chi connectivity index (χ3n) is 2.40. The fraction of sp³-hybridized carbons (Fsp3) is 0.455. The van der Waals surface area contributed by atoms with Gasteiger partial charge in [-0.05, 0) is 11.5 Å². The molecule has 1 atom stereocenters. The summed E-state index contributed by atoms with van der Waals surface area (Å²) in [7, 11) is 0. The zero-order valence-electron chi connectivity index (χ0n) is 9.62. The summed E-state index contributed by atoms with van der Waals surface area (Å²) >= 11 is 0. The molecule has 5 N–H and O–H groups in total. The minimum Gasteiger partial charge on any atom is -0.505 e. The molecule has 0 heterocycles. The number of nitrogens with two attached hydrogens (primary N) is 2. The van der Waals surface area contributed by atoms with Gasteiger partial charge in [-0.15, -0.1) is 12.4 Å². The lowest BCUT2D eigenvalue weighted by atomic mass is 9.82. The molecule has 0 aliphatic heterocycles. The van der Waals surface area contributed by atoms with Crippen molar-refractivity contribution in [3.63, 3.8) is 0 Å². The predicted octanol–water partition coefficient (Wildman–Crippen LogP) is 2.58. The highest BCUT2D eigenvalue weighted by Gasteiger charge is 2.26. The van der Waals surface area contributed by atoms with E-state index >= 15 is 0 Å². The average Bonchev–Trinajstić information content (AvgIpc) is 2.08. The molecular weight excluding hydrogens is 231 g/mol. The topological polar surface area (TPSA) is 72.3 Å². The van der Waals surface area contributed by atoms with E-state index in [1.54, 1.807) is 0 Å². The van der Waals surface area contributed by atoms with Crippen LogP contribution >= 0.6 is 12.4 Å². The largest absolute Gasteiger partial charge is 0.505 e. The molecule has 0 saturated heterocycles. The Morgan fingerprint density at radius 2 is 1.81 bits per heavy atom. The van der Waals surface area contributed by atoms with E-state index in [-0.39, 0.29) is 29.3 Å². The molecule has 1 rings (SSSR count). The molecule has 1 aromatic carbocycles. The first-order chi connectivity index (χ1) is 6.73. The van der Waals surface area contributed by atoms with Gasteiger partial charge in [0.05, 0.1) is 5.69 Å². The Hall–Kier alpha value is -1.000. The van der Waals surface area contributed by atoms with Crippen molar-refractivity contribution in [2.24, 2.45) is 11.1 Å². The fourth-order valence-electron chi connectivity index (χ4n) is 1.35. The van der Waals surface area contributed by atoms with Crippen molar-refractivity contribution in [2.45, 2.75) is 26.8 Å². The molecule has 1 aromatic rings. The molecule has 0 radical (unpaired) electrons. The summed E-state index contributed by atoms with van der Waals surface area (Å²) in [6.07, 6.45) is 0. The number of rotatable bonds is 1. The van der Waals surface area contributed by atoms with E-state index in [0.29, 0.717) is 5.56 Å². The Morgan fingerprint density at radius 1 is 1.31 bits per heavy atom. The van der Waals surface area contributed by atoms with E-state index in [1.807, 2.05) is 20.8 Å². The van der Waals surface area contributed by atoms with Gasteiger partial charge in [0.1, 0.15) is 11.6 Å². The Labute approximate surface area is 101 Å². The van der Waals surface area contributed by atoms with Crippen molar-refractivity contribution in [2.75, 3.05) is 5.73 Å². The first-order valence-electron chi connectivity index (χ1n) is 4.77. The number of nitrogen functional groups attached to an aromatic ring is 1. The van der Waals surface area contributed by atoms with E-state index in [0.717, 1.165) is 6.07 Å². The zero-order valence-corrected chi connectivity index (χ0v) is 10.4. The number of anilines is 1. The summed E-state index contributed by atoms with van der Waals surface area (Å²) in [5.74, 6) is -0.612. The number of hydrogen-bond acceptors (Lipinski definition) is 3. The summed E-state index contributed by atoms with van der Waals surface area (Å²) in [6, 6.07) is 1.84. The number of phenolic OH excluding ortho intramolecular Hbond substituents is 1. The second kappa shape index (κ2) is 4.89. The molecule has 0 saturated carbocycles. The van der Waals surface area contributed by atoms with Gasteiger partial charge in [0.25, 0.3) is 0 Å². The standard InChI is InChI=1S/C11H17FN2O.ClH/c1-11(2,3)10(14)7-4-6(12)5-8(13)9(7)15;/h4-5,10,15H,13-14H2,1-3H3;1H/t10-;/m1./s1. The van der Waals surface area contributed by atoms with Gasteiger partial charge in [0, 0.05) is 17.7 Å².